The van der Waals surface area contributed by atoms with Gasteiger partial charge in [0.2, 0.25) is 0 Å². The van der Waals surface area contributed by atoms with E-state index >= 15 is 0 Å². The number of halogens is 1. The summed E-state index contributed by atoms with van der Waals surface area (Å²) in [5.74, 6) is 1.52. The van der Waals surface area contributed by atoms with E-state index in [1.807, 2.05) is 34.3 Å². The predicted molar refractivity (Wildman–Crippen MR) is 99.4 cm³/mol. The number of nitrogens with zero attached hydrogens (tertiary/aromatic N) is 2. The smallest absolute Gasteiger partial charge is 0.255 e. The standard InChI is InChI=1S/C18H16FN3OS2/c19-15-3-1-12(2-4-15)16-11-24-6-5-22(16)18(23)13-7-17(25-10-13)14-8-20-21-9-14/h1-4,7-10,16H,5-6,11H2,(H,20,21). The lowest BCUT2D eigenvalue weighted by Gasteiger charge is -2.35. The number of hydrogen-bond acceptors (Lipinski definition) is 4. The minimum absolute atomic E-state index is 0.0240. The second-order valence-electron chi connectivity index (χ2n) is 5.83. The van der Waals surface area contributed by atoms with Gasteiger partial charge in [0.05, 0.1) is 17.8 Å². The molecule has 25 heavy (non-hydrogen) atoms. The number of carbonyl (C=O) groups is 1. The Labute approximate surface area is 153 Å². The highest BCUT2D eigenvalue weighted by atomic mass is 32.2. The van der Waals surface area contributed by atoms with Crippen molar-refractivity contribution in [3.8, 4) is 10.4 Å². The first-order valence-corrected chi connectivity index (χ1v) is 9.97. The van der Waals surface area contributed by atoms with Gasteiger partial charge in [-0.1, -0.05) is 12.1 Å². The normalized spacial score (nSPS) is 17.6. The van der Waals surface area contributed by atoms with E-state index in [-0.39, 0.29) is 17.8 Å². The van der Waals surface area contributed by atoms with Gasteiger partial charge < -0.3 is 4.90 Å². The number of thiophene rings is 1. The Balaban J connectivity index is 1.60. The maximum Gasteiger partial charge on any atom is 0.255 e. The summed E-state index contributed by atoms with van der Waals surface area (Å²) < 4.78 is 13.2. The van der Waals surface area contributed by atoms with Crippen LogP contribution in [0.5, 0.6) is 0 Å². The monoisotopic (exact) mass is 373 g/mol. The van der Waals surface area contributed by atoms with Gasteiger partial charge in [0.15, 0.2) is 0 Å². The molecule has 0 spiro atoms. The summed E-state index contributed by atoms with van der Waals surface area (Å²) in [4.78, 5) is 16.0. The second kappa shape index (κ2) is 7.01. The van der Waals surface area contributed by atoms with Gasteiger partial charge in [0.1, 0.15) is 5.82 Å². The highest BCUT2D eigenvalue weighted by Gasteiger charge is 2.29. The highest BCUT2D eigenvalue weighted by molar-refractivity contribution is 7.99. The van der Waals surface area contributed by atoms with Crippen LogP contribution in [0.2, 0.25) is 0 Å². The molecule has 0 saturated carbocycles. The number of amides is 1. The minimum Gasteiger partial charge on any atom is -0.330 e. The molecule has 3 aromatic rings. The molecule has 1 aliphatic heterocycles. The van der Waals surface area contributed by atoms with Crippen LogP contribution in [0.1, 0.15) is 22.0 Å². The second-order valence-corrected chi connectivity index (χ2v) is 7.89. The van der Waals surface area contributed by atoms with Crippen LogP contribution in [-0.2, 0) is 0 Å². The Hall–Kier alpha value is -2.12. The average molecular weight is 373 g/mol. The molecule has 2 aromatic heterocycles. The first kappa shape index (κ1) is 16.4. The van der Waals surface area contributed by atoms with E-state index in [1.165, 1.54) is 23.5 Å². The molecular weight excluding hydrogens is 357 g/mol. The van der Waals surface area contributed by atoms with Crippen molar-refractivity contribution >= 4 is 29.0 Å². The predicted octanol–water partition coefficient (Wildman–Crippen LogP) is 4.21. The van der Waals surface area contributed by atoms with E-state index in [2.05, 4.69) is 10.2 Å². The summed E-state index contributed by atoms with van der Waals surface area (Å²) in [5, 5.41) is 8.64. The van der Waals surface area contributed by atoms with Crippen molar-refractivity contribution in [3.05, 3.63) is 65.0 Å². The quantitative estimate of drug-likeness (QED) is 0.748. The van der Waals surface area contributed by atoms with Crippen molar-refractivity contribution in [1.29, 1.82) is 0 Å². The molecular formula is C18H16FN3OS2. The van der Waals surface area contributed by atoms with Crippen molar-refractivity contribution in [2.75, 3.05) is 18.1 Å². The van der Waals surface area contributed by atoms with Crippen molar-refractivity contribution < 1.29 is 9.18 Å². The van der Waals surface area contributed by atoms with Gasteiger partial charge in [-0.05, 0) is 23.8 Å². The highest BCUT2D eigenvalue weighted by Crippen LogP contribution is 2.33. The van der Waals surface area contributed by atoms with Crippen LogP contribution in [0.15, 0.2) is 48.1 Å². The number of nitrogens with one attached hydrogen (secondary N) is 1. The maximum absolute atomic E-state index is 13.2. The molecule has 128 valence electrons. The Kier molecular flexibility index (Phi) is 4.59. The number of hydrogen-bond donors (Lipinski definition) is 1. The zero-order chi connectivity index (χ0) is 17.2. The van der Waals surface area contributed by atoms with Gasteiger partial charge in [-0.25, -0.2) is 4.39 Å². The summed E-state index contributed by atoms with van der Waals surface area (Å²) in [5.41, 5.74) is 2.65. The topological polar surface area (TPSA) is 49.0 Å². The van der Waals surface area contributed by atoms with Gasteiger partial charge in [0, 0.05) is 40.1 Å². The number of carbonyl (C=O) groups excluding carboxylic acids is 1. The van der Waals surface area contributed by atoms with Gasteiger partial charge in [-0.3, -0.25) is 9.89 Å². The fraction of sp³-hybridized carbons (Fsp3) is 0.222. The molecule has 7 heteroatoms. The molecule has 1 fully saturated rings. The Morgan fingerprint density at radius 2 is 2.16 bits per heavy atom. The number of aromatic nitrogens is 2. The molecule has 1 N–H and O–H groups in total. The molecule has 0 bridgehead atoms. The third kappa shape index (κ3) is 3.34. The van der Waals surface area contributed by atoms with Crippen molar-refractivity contribution in [3.63, 3.8) is 0 Å². The van der Waals surface area contributed by atoms with Crippen LogP contribution in [0, 0.1) is 5.82 Å². The van der Waals surface area contributed by atoms with E-state index in [1.54, 1.807) is 18.3 Å². The van der Waals surface area contributed by atoms with Gasteiger partial charge >= 0.3 is 0 Å². The minimum atomic E-state index is -0.257. The van der Waals surface area contributed by atoms with E-state index in [0.717, 1.165) is 27.5 Å². The zero-order valence-electron chi connectivity index (χ0n) is 13.3. The number of H-pyrrole nitrogens is 1. The molecule has 1 atom stereocenters. The van der Waals surface area contributed by atoms with E-state index in [9.17, 15) is 9.18 Å². The number of aromatic amines is 1. The molecule has 4 rings (SSSR count). The van der Waals surface area contributed by atoms with Gasteiger partial charge in [0.25, 0.3) is 5.91 Å². The van der Waals surface area contributed by atoms with Crippen LogP contribution < -0.4 is 0 Å². The summed E-state index contributed by atoms with van der Waals surface area (Å²) in [6.45, 7) is 0.697. The van der Waals surface area contributed by atoms with Gasteiger partial charge in [-0.15, -0.1) is 11.3 Å². The van der Waals surface area contributed by atoms with Gasteiger partial charge in [-0.2, -0.15) is 16.9 Å². The summed E-state index contributed by atoms with van der Waals surface area (Å²) >= 11 is 3.36. The molecule has 4 nitrogen and oxygen atoms in total. The lowest BCUT2D eigenvalue weighted by molar-refractivity contribution is 0.0702. The molecule has 1 aliphatic rings. The van der Waals surface area contributed by atoms with Crippen molar-refractivity contribution in [1.82, 2.24) is 15.1 Å². The Morgan fingerprint density at radius 3 is 2.92 bits per heavy atom. The number of rotatable bonds is 3. The molecule has 0 aliphatic carbocycles. The lowest BCUT2D eigenvalue weighted by Crippen LogP contribution is -2.40. The van der Waals surface area contributed by atoms with Crippen LogP contribution >= 0.6 is 23.1 Å². The molecule has 1 unspecified atom stereocenters. The van der Waals surface area contributed by atoms with Crippen LogP contribution in [0.25, 0.3) is 10.4 Å². The third-order valence-electron chi connectivity index (χ3n) is 4.27. The SMILES string of the molecule is O=C(c1csc(-c2cn[nH]c2)c1)N1CCSCC1c1ccc(F)cc1. The Morgan fingerprint density at radius 1 is 1.32 bits per heavy atom. The fourth-order valence-corrected chi connectivity index (χ4v) is 4.91. The fourth-order valence-electron chi connectivity index (χ4n) is 2.96. The number of thioether (sulfide) groups is 1. The molecule has 3 heterocycles. The lowest BCUT2D eigenvalue weighted by atomic mass is 10.1. The van der Waals surface area contributed by atoms with Crippen LogP contribution in [0.3, 0.4) is 0 Å². The van der Waals surface area contributed by atoms with E-state index in [4.69, 9.17) is 0 Å². The summed E-state index contributed by atoms with van der Waals surface area (Å²) in [6, 6.07) is 8.36. The average Bonchev–Trinajstić information content (AvgIpc) is 3.33. The molecule has 1 saturated heterocycles. The van der Waals surface area contributed by atoms with E-state index in [0.29, 0.717) is 12.1 Å². The Bertz CT molecular complexity index is 861. The van der Waals surface area contributed by atoms with Crippen LogP contribution in [0.4, 0.5) is 4.39 Å². The van der Waals surface area contributed by atoms with E-state index < -0.39 is 0 Å². The largest absolute Gasteiger partial charge is 0.330 e. The first-order chi connectivity index (χ1) is 12.2. The third-order valence-corrected chi connectivity index (χ3v) is 6.28. The summed E-state index contributed by atoms with van der Waals surface area (Å²) in [7, 11) is 0. The first-order valence-electron chi connectivity index (χ1n) is 7.94. The van der Waals surface area contributed by atoms with Crippen LogP contribution in [-0.4, -0.2) is 39.1 Å². The maximum atomic E-state index is 13.2. The van der Waals surface area contributed by atoms with Crippen molar-refractivity contribution in [2.45, 2.75) is 6.04 Å². The molecule has 1 aromatic carbocycles. The zero-order valence-corrected chi connectivity index (χ0v) is 14.9. The van der Waals surface area contributed by atoms with Crippen molar-refractivity contribution in [2.24, 2.45) is 0 Å². The number of benzene rings is 1. The summed E-state index contributed by atoms with van der Waals surface area (Å²) in [6.07, 6.45) is 3.57. The molecule has 1 amide bonds. The molecule has 0 radical (unpaired) electrons.